The van der Waals surface area contributed by atoms with Gasteiger partial charge in [-0.25, -0.2) is 9.59 Å². The van der Waals surface area contributed by atoms with Gasteiger partial charge < -0.3 is 10.2 Å². The molecule has 0 aliphatic heterocycles. The van der Waals surface area contributed by atoms with Gasteiger partial charge in [0.1, 0.15) is 0 Å². The molecule has 156 valence electrons. The highest BCUT2D eigenvalue weighted by Crippen LogP contribution is 2.56. The summed E-state index contributed by atoms with van der Waals surface area (Å²) < 4.78 is 84.4. The van der Waals surface area contributed by atoms with Crippen LogP contribution in [0.3, 0.4) is 0 Å². The van der Waals surface area contributed by atoms with E-state index in [1.807, 2.05) is 0 Å². The lowest BCUT2D eigenvalue weighted by Crippen LogP contribution is -2.54. The molecule has 0 bridgehead atoms. The molecule has 0 heterocycles. The van der Waals surface area contributed by atoms with Crippen molar-refractivity contribution in [1.29, 1.82) is 0 Å². The van der Waals surface area contributed by atoms with Gasteiger partial charge in [-0.1, -0.05) is 24.3 Å². The molecule has 10 heteroatoms. The molecule has 0 fully saturated rings. The fourth-order valence-corrected chi connectivity index (χ4v) is 3.26. The zero-order chi connectivity index (χ0) is 22.4. The quantitative estimate of drug-likeness (QED) is 0.674. The van der Waals surface area contributed by atoms with Crippen molar-refractivity contribution in [2.75, 3.05) is 0 Å². The maximum Gasteiger partial charge on any atom is 0.411 e. The molecule has 29 heavy (non-hydrogen) atoms. The number of hydrogen-bond donors (Lipinski definition) is 2. The predicted molar refractivity (Wildman–Crippen MR) is 89.2 cm³/mol. The average Bonchev–Trinajstić information content (AvgIpc) is 2.52. The maximum atomic E-state index is 14.1. The smallest absolute Gasteiger partial charge is 0.411 e. The Morgan fingerprint density at radius 2 is 1.00 bits per heavy atom. The highest BCUT2D eigenvalue weighted by Gasteiger charge is 2.72. The standard InChI is InChI=1S/C19H14F6O4/c1-9-7-11(3-5-13(9)15(26)27)17(18(20,21)22,19(23,24)25)12-4-6-14(16(28)29)10(2)8-12/h3-8H,1-2H3,(H,26,27)(H,28,29). The molecule has 4 nitrogen and oxygen atoms in total. The maximum absolute atomic E-state index is 14.1. The monoisotopic (exact) mass is 420 g/mol. The van der Waals surface area contributed by atoms with Crippen LogP contribution in [-0.2, 0) is 5.41 Å². The van der Waals surface area contributed by atoms with Crippen LogP contribution in [0.5, 0.6) is 0 Å². The molecular weight excluding hydrogens is 406 g/mol. The topological polar surface area (TPSA) is 74.6 Å². The van der Waals surface area contributed by atoms with Crippen LogP contribution in [0.15, 0.2) is 36.4 Å². The molecule has 0 aliphatic rings. The van der Waals surface area contributed by atoms with E-state index >= 15 is 0 Å². The second-order valence-electron chi connectivity index (χ2n) is 6.42. The Kier molecular flexibility index (Phi) is 5.44. The number of carboxylic acid groups (broad SMARTS) is 2. The first kappa shape index (κ1) is 22.3. The highest BCUT2D eigenvalue weighted by atomic mass is 19.4. The lowest BCUT2D eigenvalue weighted by molar-refractivity contribution is -0.288. The third-order valence-corrected chi connectivity index (χ3v) is 4.63. The Morgan fingerprint density at radius 3 is 1.21 bits per heavy atom. The van der Waals surface area contributed by atoms with E-state index in [2.05, 4.69) is 0 Å². The summed E-state index contributed by atoms with van der Waals surface area (Å²) in [6.07, 6.45) is -11.7. The van der Waals surface area contributed by atoms with E-state index in [0.717, 1.165) is 13.8 Å². The van der Waals surface area contributed by atoms with Crippen LogP contribution in [0.1, 0.15) is 43.0 Å². The molecule has 0 unspecified atom stereocenters. The van der Waals surface area contributed by atoms with Crippen LogP contribution in [0.4, 0.5) is 26.3 Å². The Bertz CT molecular complexity index is 896. The first-order chi connectivity index (χ1) is 13.1. The normalized spacial score (nSPS) is 12.7. The summed E-state index contributed by atoms with van der Waals surface area (Å²) >= 11 is 0. The van der Waals surface area contributed by atoms with E-state index in [0.29, 0.717) is 36.4 Å². The van der Waals surface area contributed by atoms with Gasteiger partial charge in [-0.05, 0) is 48.2 Å². The molecule has 0 saturated carbocycles. The number of halogens is 6. The fraction of sp³-hybridized carbons (Fsp3) is 0.263. The second-order valence-corrected chi connectivity index (χ2v) is 6.42. The summed E-state index contributed by atoms with van der Waals surface area (Å²) in [4.78, 5) is 22.2. The van der Waals surface area contributed by atoms with Crippen molar-refractivity contribution in [1.82, 2.24) is 0 Å². The minimum atomic E-state index is -5.86. The highest BCUT2D eigenvalue weighted by molar-refractivity contribution is 5.90. The van der Waals surface area contributed by atoms with Crippen LogP contribution in [0.25, 0.3) is 0 Å². The third-order valence-electron chi connectivity index (χ3n) is 4.63. The molecule has 0 aromatic heterocycles. The SMILES string of the molecule is Cc1cc(C(c2ccc(C(=O)O)c(C)c2)(C(F)(F)F)C(F)(F)F)ccc1C(=O)O. The van der Waals surface area contributed by atoms with Crippen molar-refractivity contribution in [3.63, 3.8) is 0 Å². The second kappa shape index (κ2) is 7.09. The number of carbonyl (C=O) groups is 2. The summed E-state index contributed by atoms with van der Waals surface area (Å²) in [5, 5.41) is 18.0. The van der Waals surface area contributed by atoms with Crippen molar-refractivity contribution in [2.24, 2.45) is 0 Å². The molecule has 0 amide bonds. The first-order valence-electron chi connectivity index (χ1n) is 7.97. The number of carboxylic acids is 2. The Morgan fingerprint density at radius 1 is 0.690 bits per heavy atom. The Balaban J connectivity index is 2.95. The van der Waals surface area contributed by atoms with Crippen LogP contribution < -0.4 is 0 Å². The van der Waals surface area contributed by atoms with E-state index in [1.54, 1.807) is 0 Å². The van der Waals surface area contributed by atoms with Gasteiger partial charge in [-0.2, -0.15) is 26.3 Å². The summed E-state index contributed by atoms with van der Waals surface area (Å²) in [6.45, 7) is 2.17. The first-order valence-corrected chi connectivity index (χ1v) is 7.97. The summed E-state index contributed by atoms with van der Waals surface area (Å²) in [5.74, 6) is -3.00. The van der Waals surface area contributed by atoms with E-state index in [1.165, 1.54) is 0 Å². The van der Waals surface area contributed by atoms with Gasteiger partial charge in [0.2, 0.25) is 5.41 Å². The number of hydrogen-bond acceptors (Lipinski definition) is 2. The van der Waals surface area contributed by atoms with E-state index in [-0.39, 0.29) is 11.1 Å². The summed E-state index contributed by atoms with van der Waals surface area (Å²) in [6, 6.07) is 3.36. The fourth-order valence-electron chi connectivity index (χ4n) is 3.26. The van der Waals surface area contributed by atoms with E-state index < -0.39 is 52.0 Å². The molecule has 0 radical (unpaired) electrons. The molecule has 2 N–H and O–H groups in total. The molecule has 2 aromatic carbocycles. The van der Waals surface area contributed by atoms with E-state index in [4.69, 9.17) is 10.2 Å². The number of aryl methyl sites for hydroxylation is 2. The zero-order valence-corrected chi connectivity index (χ0v) is 14.9. The molecular formula is C19H14F6O4. The van der Waals surface area contributed by atoms with Crippen molar-refractivity contribution >= 4 is 11.9 Å². The van der Waals surface area contributed by atoms with Crippen molar-refractivity contribution in [3.05, 3.63) is 69.8 Å². The van der Waals surface area contributed by atoms with Gasteiger partial charge in [0, 0.05) is 0 Å². The molecule has 0 spiro atoms. The lowest BCUT2D eigenvalue weighted by atomic mass is 9.71. The van der Waals surface area contributed by atoms with Gasteiger partial charge in [0.25, 0.3) is 0 Å². The molecule has 2 rings (SSSR count). The van der Waals surface area contributed by atoms with Gasteiger partial charge >= 0.3 is 24.3 Å². The number of aromatic carboxylic acids is 2. The molecule has 0 atom stereocenters. The van der Waals surface area contributed by atoms with Gasteiger partial charge in [0.05, 0.1) is 11.1 Å². The number of rotatable bonds is 4. The summed E-state index contributed by atoms with van der Waals surface area (Å²) in [7, 11) is 0. The van der Waals surface area contributed by atoms with Crippen molar-refractivity contribution < 1.29 is 46.1 Å². The minimum absolute atomic E-state index is 0.285. The van der Waals surface area contributed by atoms with Gasteiger partial charge in [-0.15, -0.1) is 0 Å². The minimum Gasteiger partial charge on any atom is -0.478 e. The predicted octanol–water partition coefficient (Wildman–Crippen LogP) is 5.11. The summed E-state index contributed by atoms with van der Waals surface area (Å²) in [5.41, 5.74) is -8.37. The van der Waals surface area contributed by atoms with Gasteiger partial charge in [0.15, 0.2) is 0 Å². The van der Waals surface area contributed by atoms with Gasteiger partial charge in [-0.3, -0.25) is 0 Å². The Hall–Kier alpha value is -3.04. The largest absolute Gasteiger partial charge is 0.478 e. The molecule has 2 aromatic rings. The van der Waals surface area contributed by atoms with Crippen molar-refractivity contribution in [3.8, 4) is 0 Å². The average molecular weight is 420 g/mol. The lowest BCUT2D eigenvalue weighted by Gasteiger charge is -2.38. The molecule has 0 aliphatic carbocycles. The van der Waals surface area contributed by atoms with E-state index in [9.17, 15) is 35.9 Å². The molecule has 0 saturated heterocycles. The van der Waals surface area contributed by atoms with Crippen LogP contribution in [0, 0.1) is 13.8 Å². The zero-order valence-electron chi connectivity index (χ0n) is 14.9. The van der Waals surface area contributed by atoms with Crippen LogP contribution in [0.2, 0.25) is 0 Å². The number of benzene rings is 2. The Labute approximate surface area is 160 Å². The van der Waals surface area contributed by atoms with Crippen molar-refractivity contribution in [2.45, 2.75) is 31.6 Å². The van der Waals surface area contributed by atoms with Crippen LogP contribution >= 0.6 is 0 Å². The van der Waals surface area contributed by atoms with Crippen LogP contribution in [-0.4, -0.2) is 34.5 Å². The number of alkyl halides is 6. The third kappa shape index (κ3) is 3.54.